The monoisotopic (exact) mass is 423 g/mol. The topological polar surface area (TPSA) is 35.6 Å². The zero-order valence-electron chi connectivity index (χ0n) is 16.4. The molecule has 0 aliphatic carbocycles. The summed E-state index contributed by atoms with van der Waals surface area (Å²) in [6.07, 6.45) is 1.55. The normalized spacial score (nSPS) is 14.3. The van der Waals surface area contributed by atoms with Crippen LogP contribution in [0.25, 0.3) is 0 Å². The molecule has 1 amide bonds. The van der Waals surface area contributed by atoms with Crippen molar-refractivity contribution in [1.82, 2.24) is 15.1 Å². The van der Waals surface area contributed by atoms with Gasteiger partial charge in [-0.05, 0) is 31.1 Å². The van der Waals surface area contributed by atoms with E-state index in [0.717, 1.165) is 39.1 Å². The number of carbonyl (C=O) groups is 1. The summed E-state index contributed by atoms with van der Waals surface area (Å²) < 4.78 is 0. The number of hydrogen-bond donors (Lipinski definition) is 1. The van der Waals surface area contributed by atoms with Crippen molar-refractivity contribution in [3.63, 3.8) is 0 Å². The van der Waals surface area contributed by atoms with Gasteiger partial charge in [0.05, 0.1) is 6.04 Å². The zero-order chi connectivity index (χ0) is 18.2. The molecule has 0 radical (unpaired) electrons. The van der Waals surface area contributed by atoms with Gasteiger partial charge in [-0.15, -0.1) is 24.8 Å². The van der Waals surface area contributed by atoms with Crippen molar-refractivity contribution in [2.45, 2.75) is 18.9 Å². The molecule has 0 atom stereocenters. The smallest absolute Gasteiger partial charge is 0.222 e. The minimum Gasteiger partial charge on any atom is -0.340 e. The van der Waals surface area contributed by atoms with E-state index in [9.17, 15) is 4.79 Å². The van der Waals surface area contributed by atoms with Gasteiger partial charge in [0, 0.05) is 32.6 Å². The van der Waals surface area contributed by atoms with Crippen molar-refractivity contribution < 1.29 is 4.79 Å². The van der Waals surface area contributed by atoms with Gasteiger partial charge in [-0.25, -0.2) is 0 Å². The second kappa shape index (κ2) is 12.8. The standard InChI is InChI=1S/C22H29N3O.2ClH/c1-23-14-8-13-21(26)24-15-17-25(18-16-24)22(19-9-4-2-5-10-19)20-11-6-3-7-12-20;;/h2-7,9-12,22-23H,8,13-18H2,1H3;2*1H. The van der Waals surface area contributed by atoms with Crippen LogP contribution in [-0.2, 0) is 4.79 Å². The van der Waals surface area contributed by atoms with E-state index in [-0.39, 0.29) is 36.8 Å². The molecule has 1 N–H and O–H groups in total. The van der Waals surface area contributed by atoms with Crippen LogP contribution in [-0.4, -0.2) is 55.5 Å². The van der Waals surface area contributed by atoms with Gasteiger partial charge in [-0.2, -0.15) is 0 Å². The van der Waals surface area contributed by atoms with E-state index in [2.05, 4.69) is 70.9 Å². The Labute approximate surface area is 181 Å². The summed E-state index contributed by atoms with van der Waals surface area (Å²) >= 11 is 0. The van der Waals surface area contributed by atoms with Crippen LogP contribution in [0.2, 0.25) is 0 Å². The molecular formula is C22H31Cl2N3O. The number of rotatable bonds is 7. The summed E-state index contributed by atoms with van der Waals surface area (Å²) in [6, 6.07) is 21.6. The SMILES string of the molecule is CNCCCC(=O)N1CCN(C(c2ccccc2)c2ccccc2)CC1.Cl.Cl. The van der Waals surface area contributed by atoms with E-state index in [4.69, 9.17) is 0 Å². The molecule has 3 rings (SSSR count). The fourth-order valence-corrected chi connectivity index (χ4v) is 3.69. The fraction of sp³-hybridized carbons (Fsp3) is 0.409. The van der Waals surface area contributed by atoms with Gasteiger partial charge in [-0.1, -0.05) is 60.7 Å². The van der Waals surface area contributed by atoms with Crippen molar-refractivity contribution in [2.75, 3.05) is 39.8 Å². The number of benzene rings is 2. The van der Waals surface area contributed by atoms with Crippen LogP contribution < -0.4 is 5.32 Å². The van der Waals surface area contributed by atoms with Gasteiger partial charge < -0.3 is 10.2 Å². The number of amides is 1. The molecule has 154 valence electrons. The highest BCUT2D eigenvalue weighted by molar-refractivity contribution is 5.85. The van der Waals surface area contributed by atoms with Crippen LogP contribution in [0.3, 0.4) is 0 Å². The average molecular weight is 424 g/mol. The third-order valence-electron chi connectivity index (χ3n) is 5.08. The second-order valence-corrected chi connectivity index (χ2v) is 6.85. The van der Waals surface area contributed by atoms with Crippen LogP contribution in [0.15, 0.2) is 60.7 Å². The third-order valence-corrected chi connectivity index (χ3v) is 5.08. The maximum atomic E-state index is 12.4. The molecule has 0 aromatic heterocycles. The highest BCUT2D eigenvalue weighted by atomic mass is 35.5. The molecule has 1 saturated heterocycles. The van der Waals surface area contributed by atoms with Crippen molar-refractivity contribution in [2.24, 2.45) is 0 Å². The molecule has 0 saturated carbocycles. The number of halogens is 2. The van der Waals surface area contributed by atoms with Crippen molar-refractivity contribution in [1.29, 1.82) is 0 Å². The molecular weight excluding hydrogens is 393 g/mol. The lowest BCUT2D eigenvalue weighted by Crippen LogP contribution is -2.49. The number of piperazine rings is 1. The van der Waals surface area contributed by atoms with Gasteiger partial charge in [-0.3, -0.25) is 9.69 Å². The van der Waals surface area contributed by atoms with Crippen LogP contribution in [0.4, 0.5) is 0 Å². The average Bonchev–Trinajstić information content (AvgIpc) is 2.70. The first-order valence-corrected chi connectivity index (χ1v) is 9.56. The molecule has 2 aromatic carbocycles. The first kappa shape index (κ1) is 24.4. The molecule has 0 unspecified atom stereocenters. The highest BCUT2D eigenvalue weighted by Gasteiger charge is 2.27. The predicted molar refractivity (Wildman–Crippen MR) is 121 cm³/mol. The molecule has 2 aromatic rings. The van der Waals surface area contributed by atoms with Gasteiger partial charge in [0.25, 0.3) is 0 Å². The molecule has 1 aliphatic rings. The lowest BCUT2D eigenvalue weighted by atomic mass is 9.96. The van der Waals surface area contributed by atoms with Gasteiger partial charge >= 0.3 is 0 Å². The summed E-state index contributed by atoms with van der Waals surface area (Å²) in [7, 11) is 1.93. The van der Waals surface area contributed by atoms with E-state index >= 15 is 0 Å². The summed E-state index contributed by atoms with van der Waals surface area (Å²) in [5.74, 6) is 0.288. The molecule has 1 fully saturated rings. The van der Waals surface area contributed by atoms with Crippen LogP contribution in [0, 0.1) is 0 Å². The Hall–Kier alpha value is -1.59. The predicted octanol–water partition coefficient (Wildman–Crippen LogP) is 3.76. The Kier molecular flexibility index (Phi) is 11.2. The maximum Gasteiger partial charge on any atom is 0.222 e. The van der Waals surface area contributed by atoms with E-state index < -0.39 is 0 Å². The molecule has 1 aliphatic heterocycles. The number of hydrogen-bond acceptors (Lipinski definition) is 3. The Morgan fingerprint density at radius 3 is 1.86 bits per heavy atom. The van der Waals surface area contributed by atoms with E-state index in [1.54, 1.807) is 0 Å². The number of nitrogens with one attached hydrogen (secondary N) is 1. The van der Waals surface area contributed by atoms with Gasteiger partial charge in [0.2, 0.25) is 5.91 Å². The van der Waals surface area contributed by atoms with Gasteiger partial charge in [0.15, 0.2) is 0 Å². The molecule has 28 heavy (non-hydrogen) atoms. The quantitative estimate of drug-likeness (QED) is 0.688. The van der Waals surface area contributed by atoms with Gasteiger partial charge in [0.1, 0.15) is 0 Å². The Morgan fingerprint density at radius 2 is 1.39 bits per heavy atom. The Bertz CT molecular complexity index is 637. The Balaban J connectivity index is 0.00000196. The lowest BCUT2D eigenvalue weighted by molar-refractivity contribution is -0.133. The second-order valence-electron chi connectivity index (χ2n) is 6.85. The molecule has 0 spiro atoms. The first-order valence-electron chi connectivity index (χ1n) is 9.56. The number of carbonyl (C=O) groups excluding carboxylic acids is 1. The summed E-state index contributed by atoms with van der Waals surface area (Å²) in [5, 5.41) is 3.11. The molecule has 1 heterocycles. The molecule has 6 heteroatoms. The minimum absolute atomic E-state index is 0. The molecule has 0 bridgehead atoms. The summed E-state index contributed by atoms with van der Waals surface area (Å²) in [6.45, 7) is 4.34. The molecule has 4 nitrogen and oxygen atoms in total. The van der Waals surface area contributed by atoms with Crippen LogP contribution in [0.5, 0.6) is 0 Å². The minimum atomic E-state index is 0. The van der Waals surface area contributed by atoms with Crippen LogP contribution >= 0.6 is 24.8 Å². The van der Waals surface area contributed by atoms with Crippen molar-refractivity contribution in [3.8, 4) is 0 Å². The summed E-state index contributed by atoms with van der Waals surface area (Å²) in [4.78, 5) is 16.9. The Morgan fingerprint density at radius 1 is 0.893 bits per heavy atom. The van der Waals surface area contributed by atoms with E-state index in [1.807, 2.05) is 11.9 Å². The highest BCUT2D eigenvalue weighted by Crippen LogP contribution is 2.29. The lowest BCUT2D eigenvalue weighted by Gasteiger charge is -2.40. The first-order chi connectivity index (χ1) is 12.8. The maximum absolute atomic E-state index is 12.4. The zero-order valence-corrected chi connectivity index (χ0v) is 18.1. The largest absolute Gasteiger partial charge is 0.340 e. The number of nitrogens with zero attached hydrogens (tertiary/aromatic N) is 2. The summed E-state index contributed by atoms with van der Waals surface area (Å²) in [5.41, 5.74) is 2.62. The van der Waals surface area contributed by atoms with Crippen LogP contribution in [0.1, 0.15) is 30.0 Å². The third kappa shape index (κ3) is 6.49. The van der Waals surface area contributed by atoms with E-state index in [1.165, 1.54) is 11.1 Å². The fourth-order valence-electron chi connectivity index (χ4n) is 3.69. The van der Waals surface area contributed by atoms with E-state index in [0.29, 0.717) is 6.42 Å². The van der Waals surface area contributed by atoms with Crippen molar-refractivity contribution in [3.05, 3.63) is 71.8 Å². The van der Waals surface area contributed by atoms with Crippen molar-refractivity contribution >= 4 is 30.7 Å².